The fraction of sp³-hybridized carbons (Fsp3) is 0.611. The minimum absolute atomic E-state index is 0.259. The Balaban J connectivity index is 1.98. The van der Waals surface area contributed by atoms with Crippen molar-refractivity contribution in [1.29, 1.82) is 0 Å². The second-order valence-corrected chi connectivity index (χ2v) is 6.77. The molecule has 2 heterocycles. The molecule has 7 heteroatoms. The highest BCUT2D eigenvalue weighted by Crippen LogP contribution is 2.43. The molecule has 0 saturated carbocycles. The fourth-order valence-electron chi connectivity index (χ4n) is 3.72. The SMILES string of the molecule is CCCCNC(=O)c1cn2c3c1C(CC(F)(F)F)CC=C3CNCC2. The summed E-state index contributed by atoms with van der Waals surface area (Å²) >= 11 is 0. The van der Waals surface area contributed by atoms with Gasteiger partial charge < -0.3 is 15.2 Å². The average Bonchev–Trinajstić information content (AvgIpc) is 2.80. The van der Waals surface area contributed by atoms with Crippen LogP contribution >= 0.6 is 0 Å². The van der Waals surface area contributed by atoms with Gasteiger partial charge in [0.1, 0.15) is 0 Å². The first-order chi connectivity index (χ1) is 11.9. The third-order valence-electron chi connectivity index (χ3n) is 4.86. The molecule has 2 aliphatic rings. The van der Waals surface area contributed by atoms with E-state index in [0.717, 1.165) is 30.7 Å². The van der Waals surface area contributed by atoms with E-state index < -0.39 is 18.5 Å². The van der Waals surface area contributed by atoms with E-state index in [1.807, 2.05) is 17.6 Å². The number of carbonyl (C=O) groups is 1. The number of allylic oxidation sites excluding steroid dienone is 1. The van der Waals surface area contributed by atoms with Gasteiger partial charge in [-0.05, 0) is 29.9 Å². The zero-order valence-electron chi connectivity index (χ0n) is 14.4. The maximum Gasteiger partial charge on any atom is 0.389 e. The summed E-state index contributed by atoms with van der Waals surface area (Å²) in [7, 11) is 0. The van der Waals surface area contributed by atoms with Crippen molar-refractivity contribution in [1.82, 2.24) is 15.2 Å². The lowest BCUT2D eigenvalue weighted by Gasteiger charge is -2.25. The van der Waals surface area contributed by atoms with Crippen LogP contribution in [-0.2, 0) is 6.54 Å². The molecular formula is C18H24F3N3O. The summed E-state index contributed by atoms with van der Waals surface area (Å²) in [5.41, 5.74) is 2.80. The van der Waals surface area contributed by atoms with Gasteiger partial charge in [-0.1, -0.05) is 19.4 Å². The van der Waals surface area contributed by atoms with Gasteiger partial charge in [-0.15, -0.1) is 0 Å². The summed E-state index contributed by atoms with van der Waals surface area (Å²) in [6.45, 7) is 4.59. The first-order valence-electron chi connectivity index (χ1n) is 8.88. The van der Waals surface area contributed by atoms with Gasteiger partial charge in [-0.2, -0.15) is 13.2 Å². The van der Waals surface area contributed by atoms with Gasteiger partial charge in [-0.3, -0.25) is 4.79 Å². The van der Waals surface area contributed by atoms with E-state index in [9.17, 15) is 18.0 Å². The van der Waals surface area contributed by atoms with E-state index in [1.165, 1.54) is 0 Å². The van der Waals surface area contributed by atoms with Crippen LogP contribution in [0.4, 0.5) is 13.2 Å². The van der Waals surface area contributed by atoms with Gasteiger partial charge in [-0.25, -0.2) is 0 Å². The minimum atomic E-state index is -4.25. The summed E-state index contributed by atoms with van der Waals surface area (Å²) < 4.78 is 41.1. The Morgan fingerprint density at radius 1 is 1.44 bits per heavy atom. The number of alkyl halides is 3. The monoisotopic (exact) mass is 355 g/mol. The first kappa shape index (κ1) is 18.0. The number of hydrogen-bond donors (Lipinski definition) is 2. The summed E-state index contributed by atoms with van der Waals surface area (Å²) in [5.74, 6) is -0.949. The molecule has 0 saturated heterocycles. The van der Waals surface area contributed by atoms with Crippen LogP contribution < -0.4 is 10.6 Å². The largest absolute Gasteiger partial charge is 0.389 e. The molecule has 1 aromatic heterocycles. The molecule has 0 fully saturated rings. The molecule has 0 radical (unpaired) electrons. The number of carbonyl (C=O) groups excluding carboxylic acids is 1. The standard InChI is InChI=1S/C18H24F3N3O/c1-2-3-6-23-17(25)14-11-24-8-7-22-10-13-5-4-12(9-18(19,20)21)15(14)16(13)24/h5,11-12,22H,2-4,6-10H2,1H3,(H,23,25). The number of unbranched alkanes of at least 4 members (excludes halogenated alkanes) is 1. The van der Waals surface area contributed by atoms with E-state index in [0.29, 0.717) is 37.2 Å². The zero-order valence-corrected chi connectivity index (χ0v) is 14.4. The topological polar surface area (TPSA) is 46.1 Å². The predicted octanol–water partition coefficient (Wildman–Crippen LogP) is 3.44. The number of rotatable bonds is 5. The molecule has 1 aliphatic carbocycles. The molecule has 2 N–H and O–H groups in total. The third-order valence-corrected chi connectivity index (χ3v) is 4.86. The average molecular weight is 355 g/mol. The molecule has 4 nitrogen and oxygen atoms in total. The number of nitrogens with one attached hydrogen (secondary N) is 2. The number of aromatic nitrogens is 1. The van der Waals surface area contributed by atoms with Crippen molar-refractivity contribution in [3.8, 4) is 0 Å². The van der Waals surface area contributed by atoms with E-state index in [4.69, 9.17) is 0 Å². The fourth-order valence-corrected chi connectivity index (χ4v) is 3.72. The molecule has 1 atom stereocenters. The summed E-state index contributed by atoms with van der Waals surface area (Å²) in [6.07, 6.45) is 0.626. The quantitative estimate of drug-likeness (QED) is 0.795. The zero-order chi connectivity index (χ0) is 18.0. The molecule has 0 aromatic carbocycles. The lowest BCUT2D eigenvalue weighted by molar-refractivity contribution is -0.138. The maximum atomic E-state index is 13.1. The van der Waals surface area contributed by atoms with Crippen LogP contribution in [0.1, 0.15) is 60.1 Å². The van der Waals surface area contributed by atoms with Crippen molar-refractivity contribution in [2.45, 2.75) is 51.2 Å². The van der Waals surface area contributed by atoms with Crippen molar-refractivity contribution in [2.24, 2.45) is 0 Å². The Hall–Kier alpha value is -1.76. The third kappa shape index (κ3) is 3.92. The van der Waals surface area contributed by atoms with Gasteiger partial charge in [0.15, 0.2) is 0 Å². The van der Waals surface area contributed by atoms with Crippen molar-refractivity contribution in [2.75, 3.05) is 19.6 Å². The van der Waals surface area contributed by atoms with Gasteiger partial charge in [0, 0.05) is 38.1 Å². The molecular weight excluding hydrogens is 331 g/mol. The highest BCUT2D eigenvalue weighted by molar-refractivity contribution is 5.97. The molecule has 0 bridgehead atoms. The number of amides is 1. The number of halogens is 3. The minimum Gasteiger partial charge on any atom is -0.352 e. The second-order valence-electron chi connectivity index (χ2n) is 6.77. The Morgan fingerprint density at radius 2 is 2.24 bits per heavy atom. The van der Waals surface area contributed by atoms with Crippen molar-refractivity contribution >= 4 is 11.5 Å². The Kier molecular flexibility index (Phi) is 5.22. The predicted molar refractivity (Wildman–Crippen MR) is 90.5 cm³/mol. The highest BCUT2D eigenvalue weighted by Gasteiger charge is 2.38. The van der Waals surface area contributed by atoms with E-state index in [2.05, 4.69) is 10.6 Å². The molecule has 25 heavy (non-hydrogen) atoms. The summed E-state index contributed by atoms with van der Waals surface area (Å²) in [4.78, 5) is 12.6. The molecule has 1 amide bonds. The first-order valence-corrected chi connectivity index (χ1v) is 8.88. The van der Waals surface area contributed by atoms with Gasteiger partial charge >= 0.3 is 6.18 Å². The van der Waals surface area contributed by atoms with E-state index >= 15 is 0 Å². The van der Waals surface area contributed by atoms with Gasteiger partial charge in [0.05, 0.1) is 12.0 Å². The van der Waals surface area contributed by atoms with Crippen molar-refractivity contribution in [3.05, 3.63) is 29.1 Å². The molecule has 3 rings (SSSR count). The second kappa shape index (κ2) is 7.23. The molecule has 1 aromatic rings. The van der Waals surface area contributed by atoms with Gasteiger partial charge in [0.2, 0.25) is 0 Å². The Morgan fingerprint density at radius 3 is 2.96 bits per heavy atom. The number of nitrogens with zero attached hydrogens (tertiary/aromatic N) is 1. The number of hydrogen-bond acceptors (Lipinski definition) is 2. The summed E-state index contributed by atoms with van der Waals surface area (Å²) in [6, 6.07) is 0. The molecule has 138 valence electrons. The Bertz CT molecular complexity index is 676. The lowest BCUT2D eigenvalue weighted by atomic mass is 9.82. The van der Waals surface area contributed by atoms with Crippen LogP contribution in [0.25, 0.3) is 5.57 Å². The van der Waals surface area contributed by atoms with Crippen LogP contribution in [0.3, 0.4) is 0 Å². The maximum absolute atomic E-state index is 13.1. The van der Waals surface area contributed by atoms with E-state index in [-0.39, 0.29) is 5.91 Å². The highest BCUT2D eigenvalue weighted by atomic mass is 19.4. The van der Waals surface area contributed by atoms with Crippen LogP contribution in [0.15, 0.2) is 12.3 Å². The van der Waals surface area contributed by atoms with Crippen LogP contribution in [0, 0.1) is 0 Å². The molecule has 1 unspecified atom stereocenters. The van der Waals surface area contributed by atoms with E-state index in [1.54, 1.807) is 6.20 Å². The van der Waals surface area contributed by atoms with Crippen LogP contribution in [0.2, 0.25) is 0 Å². The van der Waals surface area contributed by atoms with Gasteiger partial charge in [0.25, 0.3) is 5.91 Å². The molecule has 1 aliphatic heterocycles. The molecule has 0 spiro atoms. The van der Waals surface area contributed by atoms with Crippen molar-refractivity contribution < 1.29 is 18.0 Å². The normalized spacial score (nSPS) is 19.8. The Labute approximate surface area is 145 Å². The smallest absolute Gasteiger partial charge is 0.352 e. The lowest BCUT2D eigenvalue weighted by Crippen LogP contribution is -2.27. The van der Waals surface area contributed by atoms with Crippen LogP contribution in [0.5, 0.6) is 0 Å². The van der Waals surface area contributed by atoms with Crippen LogP contribution in [-0.4, -0.2) is 36.3 Å². The van der Waals surface area contributed by atoms with Crippen molar-refractivity contribution in [3.63, 3.8) is 0 Å². The summed E-state index contributed by atoms with van der Waals surface area (Å²) in [5, 5.41) is 6.14.